The van der Waals surface area contributed by atoms with Gasteiger partial charge in [0.1, 0.15) is 11.5 Å². The van der Waals surface area contributed by atoms with Crippen LogP contribution >= 0.6 is 0 Å². The Morgan fingerprint density at radius 3 is 2.38 bits per heavy atom. The molecule has 0 saturated carbocycles. The zero-order valence-corrected chi connectivity index (χ0v) is 14.1. The molecule has 0 aliphatic heterocycles. The molecular weight excluding hydrogens is 304 g/mol. The highest BCUT2D eigenvalue weighted by Crippen LogP contribution is 2.39. The van der Waals surface area contributed by atoms with Gasteiger partial charge in [0.15, 0.2) is 11.5 Å². The quantitative estimate of drug-likeness (QED) is 0.561. The summed E-state index contributed by atoms with van der Waals surface area (Å²) in [4.78, 5) is 0. The van der Waals surface area contributed by atoms with Gasteiger partial charge in [0.2, 0.25) is 0 Å². The highest BCUT2D eigenvalue weighted by molar-refractivity contribution is 6.02. The lowest BCUT2D eigenvalue weighted by Crippen LogP contribution is -1.99. The fourth-order valence-electron chi connectivity index (χ4n) is 3.08. The molecule has 0 radical (unpaired) electrons. The van der Waals surface area contributed by atoms with Crippen LogP contribution in [0.1, 0.15) is 11.5 Å². The van der Waals surface area contributed by atoms with Gasteiger partial charge in [0, 0.05) is 17.1 Å². The van der Waals surface area contributed by atoms with Gasteiger partial charge in [0.05, 0.1) is 30.8 Å². The molecule has 4 rings (SSSR count). The van der Waals surface area contributed by atoms with Crippen molar-refractivity contribution in [3.8, 4) is 22.8 Å². The van der Waals surface area contributed by atoms with Crippen LogP contribution in [-0.4, -0.2) is 23.8 Å². The van der Waals surface area contributed by atoms with Crippen molar-refractivity contribution in [3.63, 3.8) is 0 Å². The Morgan fingerprint density at radius 2 is 1.71 bits per heavy atom. The van der Waals surface area contributed by atoms with Crippen LogP contribution in [0.15, 0.2) is 40.8 Å². The molecule has 0 bridgehead atoms. The van der Waals surface area contributed by atoms with Crippen molar-refractivity contribution in [3.05, 3.63) is 47.9 Å². The van der Waals surface area contributed by atoms with Crippen LogP contribution in [-0.2, 0) is 0 Å². The molecule has 5 nitrogen and oxygen atoms in total. The highest BCUT2D eigenvalue weighted by Gasteiger charge is 2.18. The Balaban J connectivity index is 2.18. The maximum absolute atomic E-state index is 5.91. The second-order valence-corrected chi connectivity index (χ2v) is 5.78. The van der Waals surface area contributed by atoms with Gasteiger partial charge >= 0.3 is 0 Å². The van der Waals surface area contributed by atoms with Crippen molar-refractivity contribution in [2.45, 2.75) is 13.8 Å². The summed E-state index contributed by atoms with van der Waals surface area (Å²) in [6, 6.07) is 11.9. The molecule has 1 aromatic carbocycles. The number of hydrogen-bond donors (Lipinski definition) is 0. The second kappa shape index (κ2) is 5.30. The molecule has 0 aliphatic rings. The number of nitrogens with zero attached hydrogens (tertiary/aromatic N) is 2. The molecule has 5 heteroatoms. The van der Waals surface area contributed by atoms with E-state index >= 15 is 0 Å². The molecule has 0 fully saturated rings. The number of aromatic nitrogens is 2. The van der Waals surface area contributed by atoms with E-state index in [2.05, 4.69) is 12.1 Å². The normalized spacial score (nSPS) is 11.3. The fraction of sp³-hybridized carbons (Fsp3) is 0.211. The SMILES string of the molecule is COc1cc2nn3c(C)ccc3c(-c3ccc(C)o3)c2cc1OC. The van der Waals surface area contributed by atoms with Crippen LogP contribution < -0.4 is 9.47 Å². The Kier molecular flexibility index (Phi) is 3.23. The van der Waals surface area contributed by atoms with E-state index in [1.165, 1.54) is 0 Å². The minimum absolute atomic E-state index is 0.656. The maximum atomic E-state index is 5.91. The summed E-state index contributed by atoms with van der Waals surface area (Å²) in [7, 11) is 3.26. The first-order chi connectivity index (χ1) is 11.6. The van der Waals surface area contributed by atoms with Crippen LogP contribution in [0.25, 0.3) is 27.7 Å². The minimum Gasteiger partial charge on any atom is -0.493 e. The van der Waals surface area contributed by atoms with Crippen molar-refractivity contribution in [1.82, 2.24) is 9.61 Å². The number of fused-ring (bicyclic) bond motifs is 2. The Morgan fingerprint density at radius 1 is 0.958 bits per heavy atom. The molecule has 24 heavy (non-hydrogen) atoms. The number of ether oxygens (including phenoxy) is 2. The van der Waals surface area contributed by atoms with Crippen LogP contribution in [0, 0.1) is 13.8 Å². The van der Waals surface area contributed by atoms with Crippen molar-refractivity contribution >= 4 is 16.4 Å². The van der Waals surface area contributed by atoms with Gasteiger partial charge in [-0.15, -0.1) is 0 Å². The minimum atomic E-state index is 0.656. The molecule has 0 amide bonds. The molecular formula is C19H18N2O3. The standard InChI is InChI=1S/C19H18N2O3/c1-11-5-7-15-19(16-8-6-12(2)24-16)13-9-17(22-3)18(23-4)10-14(13)20-21(11)15/h5-10H,1-4H3. The average Bonchev–Trinajstić information content (AvgIpc) is 3.17. The summed E-state index contributed by atoms with van der Waals surface area (Å²) in [5.41, 5.74) is 3.89. The Hall–Kier alpha value is -2.95. The Labute approximate surface area is 139 Å². The first-order valence-corrected chi connectivity index (χ1v) is 7.73. The van der Waals surface area contributed by atoms with Crippen LogP contribution in [0.4, 0.5) is 0 Å². The highest BCUT2D eigenvalue weighted by atomic mass is 16.5. The lowest BCUT2D eigenvalue weighted by Gasteiger charge is -2.12. The van der Waals surface area contributed by atoms with E-state index in [0.29, 0.717) is 11.5 Å². The zero-order chi connectivity index (χ0) is 16.8. The number of aryl methyl sites for hydroxylation is 2. The van der Waals surface area contributed by atoms with Gasteiger partial charge in [-0.1, -0.05) is 0 Å². The fourth-order valence-corrected chi connectivity index (χ4v) is 3.08. The van der Waals surface area contributed by atoms with E-state index in [1.54, 1.807) is 14.2 Å². The van der Waals surface area contributed by atoms with Crippen LogP contribution in [0.5, 0.6) is 11.5 Å². The number of furan rings is 1. The van der Waals surface area contributed by atoms with Crippen molar-refractivity contribution in [2.75, 3.05) is 14.2 Å². The van der Waals surface area contributed by atoms with E-state index < -0.39 is 0 Å². The number of hydrogen-bond acceptors (Lipinski definition) is 4. The third-order valence-corrected chi connectivity index (χ3v) is 4.27. The summed E-state index contributed by atoms with van der Waals surface area (Å²) >= 11 is 0. The molecule has 0 unspecified atom stereocenters. The molecule has 0 N–H and O–H groups in total. The van der Waals surface area contributed by atoms with E-state index in [-0.39, 0.29) is 0 Å². The maximum Gasteiger partial charge on any atom is 0.162 e. The molecule has 0 aliphatic carbocycles. The third-order valence-electron chi connectivity index (χ3n) is 4.27. The van der Waals surface area contributed by atoms with E-state index in [4.69, 9.17) is 19.0 Å². The summed E-state index contributed by atoms with van der Waals surface area (Å²) in [6.45, 7) is 3.97. The molecule has 0 spiro atoms. The average molecular weight is 322 g/mol. The lowest BCUT2D eigenvalue weighted by atomic mass is 10.1. The molecule has 122 valence electrons. The van der Waals surface area contributed by atoms with E-state index in [1.807, 2.05) is 42.6 Å². The van der Waals surface area contributed by atoms with Crippen molar-refractivity contribution in [2.24, 2.45) is 0 Å². The number of methoxy groups -OCH3 is 2. The van der Waals surface area contributed by atoms with Gasteiger partial charge in [0.25, 0.3) is 0 Å². The van der Waals surface area contributed by atoms with Gasteiger partial charge in [-0.05, 0) is 44.2 Å². The molecule has 0 atom stereocenters. The predicted octanol–water partition coefficient (Wildman–Crippen LogP) is 4.38. The molecule has 3 aromatic heterocycles. The topological polar surface area (TPSA) is 48.9 Å². The zero-order valence-electron chi connectivity index (χ0n) is 14.1. The lowest BCUT2D eigenvalue weighted by molar-refractivity contribution is 0.355. The summed E-state index contributed by atoms with van der Waals surface area (Å²) < 4.78 is 18.7. The largest absolute Gasteiger partial charge is 0.493 e. The molecule has 3 heterocycles. The van der Waals surface area contributed by atoms with Gasteiger partial charge in [-0.2, -0.15) is 5.10 Å². The second-order valence-electron chi connectivity index (χ2n) is 5.78. The summed E-state index contributed by atoms with van der Waals surface area (Å²) in [6.07, 6.45) is 0. The van der Waals surface area contributed by atoms with Crippen LogP contribution in [0.2, 0.25) is 0 Å². The number of rotatable bonds is 3. The van der Waals surface area contributed by atoms with Crippen molar-refractivity contribution in [1.29, 1.82) is 0 Å². The third kappa shape index (κ3) is 2.05. The number of benzene rings is 1. The Bertz CT molecular complexity index is 1060. The molecule has 4 aromatic rings. The van der Waals surface area contributed by atoms with Crippen LogP contribution in [0.3, 0.4) is 0 Å². The molecule has 0 saturated heterocycles. The first kappa shape index (κ1) is 14.6. The van der Waals surface area contributed by atoms with E-state index in [0.717, 1.165) is 39.2 Å². The van der Waals surface area contributed by atoms with Crippen molar-refractivity contribution < 1.29 is 13.9 Å². The summed E-state index contributed by atoms with van der Waals surface area (Å²) in [5.74, 6) is 3.01. The van der Waals surface area contributed by atoms with Gasteiger partial charge in [-0.25, -0.2) is 4.52 Å². The van der Waals surface area contributed by atoms with Gasteiger partial charge < -0.3 is 13.9 Å². The predicted molar refractivity (Wildman–Crippen MR) is 93.0 cm³/mol. The van der Waals surface area contributed by atoms with Gasteiger partial charge in [-0.3, -0.25) is 0 Å². The monoisotopic (exact) mass is 322 g/mol. The smallest absolute Gasteiger partial charge is 0.162 e. The van der Waals surface area contributed by atoms with E-state index in [9.17, 15) is 0 Å². The first-order valence-electron chi connectivity index (χ1n) is 7.73. The summed E-state index contributed by atoms with van der Waals surface area (Å²) in [5, 5.41) is 5.72.